The van der Waals surface area contributed by atoms with E-state index in [1.54, 1.807) is 0 Å². The quantitative estimate of drug-likeness (QED) is 0.584. The number of halogens is 5. The van der Waals surface area contributed by atoms with E-state index < -0.39 is 17.5 Å². The van der Waals surface area contributed by atoms with Crippen LogP contribution in [0.3, 0.4) is 0 Å². The maximum atomic E-state index is 12.9. The fourth-order valence-corrected chi connectivity index (χ4v) is 3.32. The highest BCUT2D eigenvalue weighted by molar-refractivity contribution is 7.64. The number of nitrogens with zero attached hydrogens (tertiary/aromatic N) is 2. The second kappa shape index (κ2) is 7.27. The fourth-order valence-electron chi connectivity index (χ4n) is 2.28. The number of rotatable bonds is 5. The Labute approximate surface area is 154 Å². The van der Waals surface area contributed by atoms with Crippen molar-refractivity contribution in [2.24, 2.45) is 0 Å². The van der Waals surface area contributed by atoms with Crippen molar-refractivity contribution in [1.82, 2.24) is 9.78 Å². The molecule has 0 bridgehead atoms. The molecule has 0 unspecified atom stereocenters. The number of benzene rings is 1. The summed E-state index contributed by atoms with van der Waals surface area (Å²) in [5.74, 6) is -0.225. The molecule has 25 heavy (non-hydrogen) atoms. The Hall–Kier alpha value is -1.71. The van der Waals surface area contributed by atoms with E-state index >= 15 is 0 Å². The number of carbonyl (C=O) groups excluding carboxylic acids is 1. The molecule has 0 spiro atoms. The number of anilines is 1. The van der Waals surface area contributed by atoms with Crippen LogP contribution in [0.2, 0.25) is 10.0 Å². The lowest BCUT2D eigenvalue weighted by molar-refractivity contribution is -0.137. The molecular formula is C14H11Cl2F3N3O2S+. The standard InChI is InChI=1S/C14H11Cl2F3N3O2S/c1-6(23)11-8(5-25-24)13(20-2)22(21-11)12-9(15)3-7(4-10(12)16)14(17,18)19/h3-4,20H,5H2,1-2H3/q+1. The van der Waals surface area contributed by atoms with Crippen molar-refractivity contribution in [2.75, 3.05) is 12.4 Å². The van der Waals surface area contributed by atoms with E-state index in [1.165, 1.54) is 14.0 Å². The average molecular weight is 413 g/mol. The Morgan fingerprint density at radius 3 is 2.28 bits per heavy atom. The van der Waals surface area contributed by atoms with E-state index in [9.17, 15) is 22.2 Å². The Kier molecular flexibility index (Phi) is 5.70. The van der Waals surface area contributed by atoms with Gasteiger partial charge in [0.05, 0.1) is 21.2 Å². The van der Waals surface area contributed by atoms with Gasteiger partial charge in [0.15, 0.2) is 5.78 Å². The molecule has 0 amide bonds. The summed E-state index contributed by atoms with van der Waals surface area (Å²) in [5, 5.41) is 6.27. The van der Waals surface area contributed by atoms with Crippen LogP contribution in [0.1, 0.15) is 28.5 Å². The third-order valence-corrected chi connectivity index (χ3v) is 4.30. The number of hydrogen-bond donors (Lipinski definition) is 1. The molecule has 0 saturated heterocycles. The van der Waals surface area contributed by atoms with Crippen molar-refractivity contribution in [1.29, 1.82) is 0 Å². The molecule has 134 valence electrons. The molecule has 2 rings (SSSR count). The van der Waals surface area contributed by atoms with Crippen LogP contribution >= 0.6 is 23.2 Å². The summed E-state index contributed by atoms with van der Waals surface area (Å²) < 4.78 is 50.7. The van der Waals surface area contributed by atoms with Gasteiger partial charge in [-0.2, -0.15) is 18.3 Å². The first-order valence-electron chi connectivity index (χ1n) is 6.73. The normalized spacial score (nSPS) is 11.5. The lowest BCUT2D eigenvalue weighted by atomic mass is 10.2. The molecule has 1 aromatic heterocycles. The predicted octanol–water partition coefficient (Wildman–Crippen LogP) is 4.37. The second-order valence-electron chi connectivity index (χ2n) is 4.94. The van der Waals surface area contributed by atoms with Crippen LogP contribution in [0.4, 0.5) is 19.0 Å². The largest absolute Gasteiger partial charge is 0.464 e. The zero-order chi connectivity index (χ0) is 18.9. The van der Waals surface area contributed by atoms with E-state index in [4.69, 9.17) is 23.2 Å². The third-order valence-electron chi connectivity index (χ3n) is 3.31. The second-order valence-corrected chi connectivity index (χ2v) is 6.28. The van der Waals surface area contributed by atoms with Gasteiger partial charge in [0.25, 0.3) is 5.75 Å². The maximum absolute atomic E-state index is 12.9. The lowest BCUT2D eigenvalue weighted by Crippen LogP contribution is -2.09. The van der Waals surface area contributed by atoms with Gasteiger partial charge in [0.2, 0.25) is 0 Å². The number of Topliss-reactive ketones (excluding diaryl/α,β-unsaturated/α-hetero) is 1. The first-order chi connectivity index (χ1) is 11.6. The molecule has 0 saturated carbocycles. The van der Waals surface area contributed by atoms with Gasteiger partial charge in [0, 0.05) is 18.2 Å². The molecular weight excluding hydrogens is 402 g/mol. The van der Waals surface area contributed by atoms with E-state index in [2.05, 4.69) is 10.4 Å². The van der Waals surface area contributed by atoms with E-state index in [1.807, 2.05) is 0 Å². The summed E-state index contributed by atoms with van der Waals surface area (Å²) in [6.45, 7) is 1.26. The zero-order valence-electron chi connectivity index (χ0n) is 12.9. The van der Waals surface area contributed by atoms with Gasteiger partial charge in [-0.1, -0.05) is 23.2 Å². The highest BCUT2D eigenvalue weighted by atomic mass is 35.5. The van der Waals surface area contributed by atoms with Crippen molar-refractivity contribution in [3.05, 3.63) is 39.0 Å². The number of hydrogen-bond acceptors (Lipinski definition) is 4. The van der Waals surface area contributed by atoms with Gasteiger partial charge in [-0.25, -0.2) is 4.68 Å². The Morgan fingerprint density at radius 1 is 1.32 bits per heavy atom. The first kappa shape index (κ1) is 19.6. The Bertz CT molecular complexity index is 830. The molecule has 0 aliphatic heterocycles. The van der Waals surface area contributed by atoms with Crippen LogP contribution < -0.4 is 5.32 Å². The predicted molar refractivity (Wildman–Crippen MR) is 89.9 cm³/mol. The van der Waals surface area contributed by atoms with Crippen molar-refractivity contribution in [2.45, 2.75) is 18.9 Å². The van der Waals surface area contributed by atoms with Gasteiger partial charge in [-0.15, -0.1) is 0 Å². The summed E-state index contributed by atoms with van der Waals surface area (Å²) in [6.07, 6.45) is -4.61. The van der Waals surface area contributed by atoms with Crippen molar-refractivity contribution < 1.29 is 22.2 Å². The Balaban J connectivity index is 2.76. The first-order valence-corrected chi connectivity index (χ1v) is 8.40. The summed E-state index contributed by atoms with van der Waals surface area (Å²) in [7, 11) is 1.52. The maximum Gasteiger partial charge on any atom is 0.464 e. The Morgan fingerprint density at radius 2 is 1.88 bits per heavy atom. The molecule has 0 fully saturated rings. The summed E-state index contributed by atoms with van der Waals surface area (Å²) >= 11 is 12.2. The van der Waals surface area contributed by atoms with Crippen LogP contribution in [-0.4, -0.2) is 22.6 Å². The molecule has 2 aromatic rings. The molecule has 0 radical (unpaired) electrons. The van der Waals surface area contributed by atoms with Crippen LogP contribution in [0, 0.1) is 0 Å². The molecule has 1 N–H and O–H groups in total. The minimum atomic E-state index is -4.61. The third kappa shape index (κ3) is 3.78. The van der Waals surface area contributed by atoms with Gasteiger partial charge in [-0.3, -0.25) is 4.79 Å². The summed E-state index contributed by atoms with van der Waals surface area (Å²) in [6, 6.07) is 1.44. The van der Waals surface area contributed by atoms with Crippen LogP contribution in [0.5, 0.6) is 0 Å². The van der Waals surface area contributed by atoms with Crippen molar-refractivity contribution in [3.8, 4) is 5.69 Å². The minimum Gasteiger partial charge on any atom is -0.373 e. The highest BCUT2D eigenvalue weighted by Crippen LogP contribution is 2.39. The number of carbonyl (C=O) groups is 1. The van der Waals surface area contributed by atoms with Gasteiger partial charge in [-0.05, 0) is 12.1 Å². The van der Waals surface area contributed by atoms with Gasteiger partial charge >= 0.3 is 17.8 Å². The van der Waals surface area contributed by atoms with Gasteiger partial charge < -0.3 is 5.32 Å². The van der Waals surface area contributed by atoms with E-state index in [0.717, 1.165) is 16.8 Å². The SMILES string of the molecule is CNc1c(C[S+]=O)c(C(C)=O)nn1-c1c(Cl)cc(C(F)(F)F)cc1Cl. The van der Waals surface area contributed by atoms with Gasteiger partial charge in [0.1, 0.15) is 17.2 Å². The van der Waals surface area contributed by atoms with Crippen LogP contribution in [0.15, 0.2) is 12.1 Å². The fraction of sp³-hybridized carbons (Fsp3) is 0.286. The van der Waals surface area contributed by atoms with E-state index in [-0.39, 0.29) is 44.7 Å². The number of aromatic nitrogens is 2. The molecule has 1 heterocycles. The number of alkyl halides is 3. The molecule has 11 heteroatoms. The number of nitrogens with one attached hydrogen (secondary N) is 1. The lowest BCUT2D eigenvalue weighted by Gasteiger charge is -2.14. The molecule has 0 aliphatic carbocycles. The average Bonchev–Trinajstić information content (AvgIpc) is 2.84. The topological polar surface area (TPSA) is 64.0 Å². The monoisotopic (exact) mass is 412 g/mol. The highest BCUT2D eigenvalue weighted by Gasteiger charge is 2.33. The molecule has 1 aromatic carbocycles. The molecule has 0 aliphatic rings. The minimum absolute atomic E-state index is 0.0136. The smallest absolute Gasteiger partial charge is 0.373 e. The summed E-state index contributed by atoms with van der Waals surface area (Å²) in [5.41, 5.74) is -0.696. The number of ketones is 1. The molecule has 5 nitrogen and oxygen atoms in total. The van der Waals surface area contributed by atoms with E-state index in [0.29, 0.717) is 5.56 Å². The zero-order valence-corrected chi connectivity index (χ0v) is 15.2. The molecule has 0 atom stereocenters. The van der Waals surface area contributed by atoms with Crippen molar-refractivity contribution >= 4 is 46.5 Å². The van der Waals surface area contributed by atoms with Crippen LogP contribution in [-0.2, 0) is 27.8 Å². The van der Waals surface area contributed by atoms with Crippen LogP contribution in [0.25, 0.3) is 5.69 Å². The van der Waals surface area contributed by atoms with Crippen molar-refractivity contribution in [3.63, 3.8) is 0 Å². The summed E-state index contributed by atoms with van der Waals surface area (Å²) in [4.78, 5) is 11.8.